The van der Waals surface area contributed by atoms with Gasteiger partial charge in [-0.25, -0.2) is 0 Å². The zero-order valence-corrected chi connectivity index (χ0v) is 12.3. The largest absolute Gasteiger partial charge is 0.395 e. The first-order valence-electron chi connectivity index (χ1n) is 6.63. The molecule has 20 heavy (non-hydrogen) atoms. The standard InChI is InChI=1S/C17H19ClO2/c1-13-6-8-15(9-7-13)17(11-19,12-20)10-14-4-2-3-5-16(14)18/h2-9,19-20H,10-12H2,1H3. The lowest BCUT2D eigenvalue weighted by atomic mass is 9.76. The molecule has 0 fully saturated rings. The van der Waals surface area contributed by atoms with Gasteiger partial charge in [0.25, 0.3) is 0 Å². The molecule has 0 aliphatic rings. The van der Waals surface area contributed by atoms with Crippen LogP contribution in [0.4, 0.5) is 0 Å². The summed E-state index contributed by atoms with van der Waals surface area (Å²) >= 11 is 6.19. The van der Waals surface area contributed by atoms with E-state index in [-0.39, 0.29) is 13.2 Å². The predicted octanol–water partition coefficient (Wildman–Crippen LogP) is 3.11. The van der Waals surface area contributed by atoms with Crippen LogP contribution in [0.5, 0.6) is 0 Å². The van der Waals surface area contributed by atoms with Crippen LogP contribution in [0.2, 0.25) is 5.02 Å². The van der Waals surface area contributed by atoms with Gasteiger partial charge in [0.1, 0.15) is 0 Å². The summed E-state index contributed by atoms with van der Waals surface area (Å²) in [6.45, 7) is 1.76. The van der Waals surface area contributed by atoms with Gasteiger partial charge in [-0.1, -0.05) is 59.6 Å². The number of aryl methyl sites for hydroxylation is 1. The molecule has 2 rings (SSSR count). The third-order valence-electron chi connectivity index (χ3n) is 3.76. The molecule has 0 saturated carbocycles. The van der Waals surface area contributed by atoms with E-state index in [1.165, 1.54) is 0 Å². The smallest absolute Gasteiger partial charge is 0.0553 e. The molecule has 3 heteroatoms. The predicted molar refractivity (Wildman–Crippen MR) is 82.2 cm³/mol. The molecule has 0 saturated heterocycles. The first kappa shape index (κ1) is 15.0. The summed E-state index contributed by atoms with van der Waals surface area (Å²) in [5, 5.41) is 20.4. The number of benzene rings is 2. The zero-order valence-electron chi connectivity index (χ0n) is 11.5. The molecule has 0 bridgehead atoms. The molecule has 0 heterocycles. The highest BCUT2D eigenvalue weighted by atomic mass is 35.5. The fourth-order valence-electron chi connectivity index (χ4n) is 2.36. The molecule has 0 aliphatic carbocycles. The summed E-state index contributed by atoms with van der Waals surface area (Å²) in [5.41, 5.74) is 2.29. The quantitative estimate of drug-likeness (QED) is 0.888. The summed E-state index contributed by atoms with van der Waals surface area (Å²) in [5.74, 6) is 0. The van der Waals surface area contributed by atoms with E-state index in [1.807, 2.05) is 55.5 Å². The van der Waals surface area contributed by atoms with Gasteiger partial charge in [-0.15, -0.1) is 0 Å². The van der Waals surface area contributed by atoms with Gasteiger partial charge >= 0.3 is 0 Å². The molecule has 0 aliphatic heterocycles. The molecule has 0 atom stereocenters. The maximum absolute atomic E-state index is 9.85. The minimum Gasteiger partial charge on any atom is -0.395 e. The highest BCUT2D eigenvalue weighted by molar-refractivity contribution is 6.31. The van der Waals surface area contributed by atoms with Crippen LogP contribution < -0.4 is 0 Å². The molecular formula is C17H19ClO2. The van der Waals surface area contributed by atoms with Crippen LogP contribution in [-0.2, 0) is 11.8 Å². The lowest BCUT2D eigenvalue weighted by Gasteiger charge is -2.31. The first-order chi connectivity index (χ1) is 9.61. The minimum absolute atomic E-state index is 0.127. The molecule has 0 aromatic heterocycles. The van der Waals surface area contributed by atoms with Gasteiger partial charge < -0.3 is 10.2 Å². The molecule has 0 unspecified atom stereocenters. The van der Waals surface area contributed by atoms with Crippen LogP contribution in [-0.4, -0.2) is 23.4 Å². The highest BCUT2D eigenvalue weighted by Crippen LogP contribution is 2.30. The molecule has 0 amide bonds. The van der Waals surface area contributed by atoms with Crippen molar-refractivity contribution in [1.82, 2.24) is 0 Å². The lowest BCUT2D eigenvalue weighted by Crippen LogP contribution is -2.37. The van der Waals surface area contributed by atoms with Crippen molar-refractivity contribution >= 4 is 11.6 Å². The van der Waals surface area contributed by atoms with Crippen molar-refractivity contribution < 1.29 is 10.2 Å². The van der Waals surface area contributed by atoms with E-state index in [9.17, 15) is 10.2 Å². The van der Waals surface area contributed by atoms with Crippen LogP contribution in [0.25, 0.3) is 0 Å². The summed E-state index contributed by atoms with van der Waals surface area (Å²) in [6.07, 6.45) is 0.503. The van der Waals surface area contributed by atoms with Crippen LogP contribution in [0.1, 0.15) is 16.7 Å². The zero-order chi connectivity index (χ0) is 14.6. The summed E-state index contributed by atoms with van der Waals surface area (Å²) in [7, 11) is 0. The Balaban J connectivity index is 2.39. The van der Waals surface area contributed by atoms with E-state index in [2.05, 4.69) is 0 Å². The number of rotatable bonds is 5. The summed E-state index contributed by atoms with van der Waals surface area (Å²) in [4.78, 5) is 0. The Hall–Kier alpha value is -1.35. The van der Waals surface area contributed by atoms with Crippen LogP contribution >= 0.6 is 11.6 Å². The number of hydrogen-bond acceptors (Lipinski definition) is 2. The highest BCUT2D eigenvalue weighted by Gasteiger charge is 2.31. The molecule has 2 aromatic carbocycles. The van der Waals surface area contributed by atoms with E-state index in [0.29, 0.717) is 11.4 Å². The molecule has 0 spiro atoms. The Bertz CT molecular complexity index is 559. The van der Waals surface area contributed by atoms with Crippen molar-refractivity contribution in [2.24, 2.45) is 0 Å². The van der Waals surface area contributed by atoms with E-state index < -0.39 is 5.41 Å². The van der Waals surface area contributed by atoms with Crippen molar-refractivity contribution in [2.75, 3.05) is 13.2 Å². The number of aliphatic hydroxyl groups excluding tert-OH is 2. The van der Waals surface area contributed by atoms with Gasteiger partial charge in [0.05, 0.1) is 13.2 Å². The van der Waals surface area contributed by atoms with E-state index in [1.54, 1.807) is 0 Å². The molecule has 2 nitrogen and oxygen atoms in total. The third kappa shape index (κ3) is 3.04. The van der Waals surface area contributed by atoms with Gasteiger partial charge in [0.2, 0.25) is 0 Å². The second-order valence-corrected chi connectivity index (χ2v) is 5.64. The lowest BCUT2D eigenvalue weighted by molar-refractivity contribution is 0.116. The molecule has 0 radical (unpaired) electrons. The molecular weight excluding hydrogens is 272 g/mol. The molecule has 106 valence electrons. The van der Waals surface area contributed by atoms with Crippen molar-refractivity contribution in [1.29, 1.82) is 0 Å². The van der Waals surface area contributed by atoms with Crippen molar-refractivity contribution in [3.8, 4) is 0 Å². The van der Waals surface area contributed by atoms with E-state index in [4.69, 9.17) is 11.6 Å². The molecule has 2 aromatic rings. The second kappa shape index (κ2) is 6.40. The fourth-order valence-corrected chi connectivity index (χ4v) is 2.56. The van der Waals surface area contributed by atoms with Crippen LogP contribution in [0.3, 0.4) is 0 Å². The third-order valence-corrected chi connectivity index (χ3v) is 4.12. The Kier molecular flexibility index (Phi) is 4.81. The Morgan fingerprint density at radius 2 is 1.55 bits per heavy atom. The average molecular weight is 291 g/mol. The Morgan fingerprint density at radius 3 is 2.10 bits per heavy atom. The van der Waals surface area contributed by atoms with Gasteiger partial charge in [0.15, 0.2) is 0 Å². The average Bonchev–Trinajstić information content (AvgIpc) is 2.48. The van der Waals surface area contributed by atoms with Gasteiger partial charge in [-0.3, -0.25) is 0 Å². The van der Waals surface area contributed by atoms with Gasteiger partial charge in [-0.2, -0.15) is 0 Å². The molecule has 2 N–H and O–H groups in total. The van der Waals surface area contributed by atoms with Crippen molar-refractivity contribution in [2.45, 2.75) is 18.8 Å². The second-order valence-electron chi connectivity index (χ2n) is 5.23. The van der Waals surface area contributed by atoms with Crippen LogP contribution in [0, 0.1) is 6.92 Å². The minimum atomic E-state index is -0.710. The monoisotopic (exact) mass is 290 g/mol. The fraction of sp³-hybridized carbons (Fsp3) is 0.294. The number of halogens is 1. The van der Waals surface area contributed by atoms with E-state index in [0.717, 1.165) is 16.7 Å². The first-order valence-corrected chi connectivity index (χ1v) is 7.01. The topological polar surface area (TPSA) is 40.5 Å². The van der Waals surface area contributed by atoms with Gasteiger partial charge in [0, 0.05) is 10.4 Å². The summed E-state index contributed by atoms with van der Waals surface area (Å²) in [6, 6.07) is 15.4. The maximum atomic E-state index is 9.85. The van der Waals surface area contributed by atoms with Crippen molar-refractivity contribution in [3.05, 3.63) is 70.2 Å². The van der Waals surface area contributed by atoms with Gasteiger partial charge in [-0.05, 0) is 30.5 Å². The van der Waals surface area contributed by atoms with Crippen LogP contribution in [0.15, 0.2) is 48.5 Å². The normalized spacial score (nSPS) is 11.6. The number of aliphatic hydroxyl groups is 2. The Labute approximate surface area is 124 Å². The number of hydrogen-bond donors (Lipinski definition) is 2. The summed E-state index contributed by atoms with van der Waals surface area (Å²) < 4.78 is 0. The SMILES string of the molecule is Cc1ccc(C(CO)(CO)Cc2ccccc2Cl)cc1. The van der Waals surface area contributed by atoms with E-state index >= 15 is 0 Å². The van der Waals surface area contributed by atoms with Crippen molar-refractivity contribution in [3.63, 3.8) is 0 Å². The maximum Gasteiger partial charge on any atom is 0.0553 e. The Morgan fingerprint density at radius 1 is 0.950 bits per heavy atom.